The Bertz CT molecular complexity index is 919. The molecule has 2 N–H and O–H groups in total. The van der Waals surface area contributed by atoms with E-state index in [1.165, 1.54) is 22.7 Å². The second-order valence-electron chi connectivity index (χ2n) is 6.23. The molecule has 0 bridgehead atoms. The van der Waals surface area contributed by atoms with Gasteiger partial charge in [-0.05, 0) is 36.8 Å². The molecule has 146 valence electrons. The number of fused-ring (bicyclic) bond motifs is 1. The van der Waals surface area contributed by atoms with Gasteiger partial charge in [-0.15, -0.1) is 11.8 Å². The first kappa shape index (κ1) is 20.2. The lowest BCUT2D eigenvalue weighted by Gasteiger charge is -2.28. The maximum atomic E-state index is 12.5. The van der Waals surface area contributed by atoms with Gasteiger partial charge in [-0.1, -0.05) is 30.7 Å². The number of nitrogens with zero attached hydrogens (tertiary/aromatic N) is 1. The van der Waals surface area contributed by atoms with Gasteiger partial charge in [-0.25, -0.2) is 0 Å². The van der Waals surface area contributed by atoms with Crippen LogP contribution in [0.4, 0.5) is 11.4 Å². The monoisotopic (exact) mass is 417 g/mol. The van der Waals surface area contributed by atoms with Gasteiger partial charge in [-0.3, -0.25) is 14.4 Å². The van der Waals surface area contributed by atoms with Crippen molar-refractivity contribution in [2.75, 3.05) is 29.1 Å². The first-order valence-electron chi connectivity index (χ1n) is 8.89. The third-order valence-corrected chi connectivity index (χ3v) is 5.50. The van der Waals surface area contributed by atoms with E-state index in [1.807, 2.05) is 31.2 Å². The summed E-state index contributed by atoms with van der Waals surface area (Å²) in [4.78, 5) is 39.2. The van der Waals surface area contributed by atoms with Crippen LogP contribution in [0.3, 0.4) is 0 Å². The first-order valence-corrected chi connectivity index (χ1v) is 10.3. The number of thioether (sulfide) groups is 1. The lowest BCUT2D eigenvalue weighted by molar-refractivity contribution is -0.120. The van der Waals surface area contributed by atoms with Crippen LogP contribution in [0, 0.1) is 0 Å². The zero-order chi connectivity index (χ0) is 20.1. The highest BCUT2D eigenvalue weighted by molar-refractivity contribution is 8.00. The number of rotatable bonds is 6. The Morgan fingerprint density at radius 3 is 2.75 bits per heavy atom. The van der Waals surface area contributed by atoms with Crippen LogP contribution in [0.1, 0.15) is 23.7 Å². The van der Waals surface area contributed by atoms with Crippen molar-refractivity contribution in [3.63, 3.8) is 0 Å². The first-order chi connectivity index (χ1) is 13.5. The molecular formula is C20H20ClN3O3S. The predicted molar refractivity (Wildman–Crippen MR) is 112 cm³/mol. The zero-order valence-corrected chi connectivity index (χ0v) is 16.9. The number of nitrogens with one attached hydrogen (secondary N) is 2. The lowest BCUT2D eigenvalue weighted by Crippen LogP contribution is -2.41. The molecule has 1 aliphatic rings. The highest BCUT2D eigenvalue weighted by atomic mass is 35.5. The molecule has 0 unspecified atom stereocenters. The summed E-state index contributed by atoms with van der Waals surface area (Å²) < 4.78 is 0. The summed E-state index contributed by atoms with van der Waals surface area (Å²) in [7, 11) is 0. The molecule has 0 atom stereocenters. The number of anilines is 2. The van der Waals surface area contributed by atoms with Gasteiger partial charge in [0.2, 0.25) is 11.8 Å². The number of carbonyl (C=O) groups is 3. The van der Waals surface area contributed by atoms with Gasteiger partial charge in [0.1, 0.15) is 6.54 Å². The van der Waals surface area contributed by atoms with E-state index in [-0.39, 0.29) is 29.3 Å². The Hall–Kier alpha value is -2.51. The van der Waals surface area contributed by atoms with E-state index >= 15 is 0 Å². The van der Waals surface area contributed by atoms with E-state index in [0.717, 1.165) is 17.0 Å². The number of hydrogen-bond acceptors (Lipinski definition) is 4. The molecule has 0 saturated heterocycles. The van der Waals surface area contributed by atoms with Crippen molar-refractivity contribution >= 4 is 52.5 Å². The molecule has 2 aromatic carbocycles. The molecule has 8 heteroatoms. The van der Waals surface area contributed by atoms with Gasteiger partial charge in [0.05, 0.1) is 22.0 Å². The van der Waals surface area contributed by atoms with Gasteiger partial charge in [0, 0.05) is 17.1 Å². The maximum absolute atomic E-state index is 12.5. The fourth-order valence-electron chi connectivity index (χ4n) is 2.78. The van der Waals surface area contributed by atoms with E-state index in [4.69, 9.17) is 11.6 Å². The average Bonchev–Trinajstić information content (AvgIpc) is 2.68. The molecule has 28 heavy (non-hydrogen) atoms. The molecular weight excluding hydrogens is 398 g/mol. The van der Waals surface area contributed by atoms with Crippen molar-refractivity contribution in [2.45, 2.75) is 18.2 Å². The Morgan fingerprint density at radius 1 is 1.21 bits per heavy atom. The third-order valence-electron chi connectivity index (χ3n) is 4.14. The largest absolute Gasteiger partial charge is 0.352 e. The van der Waals surface area contributed by atoms with Gasteiger partial charge in [0.25, 0.3) is 5.91 Å². The van der Waals surface area contributed by atoms with Crippen LogP contribution in [0.2, 0.25) is 5.02 Å². The summed E-state index contributed by atoms with van der Waals surface area (Å²) in [5.74, 6) is -0.399. The minimum Gasteiger partial charge on any atom is -0.352 e. The van der Waals surface area contributed by atoms with Gasteiger partial charge in [0.15, 0.2) is 0 Å². The van der Waals surface area contributed by atoms with Gasteiger partial charge >= 0.3 is 0 Å². The summed E-state index contributed by atoms with van der Waals surface area (Å²) in [6.07, 6.45) is 0.828. The maximum Gasteiger partial charge on any atom is 0.252 e. The SMILES string of the molecule is CCCNC(=O)c1ccc(NC(=O)CN2C(=O)CSc3ccccc32)cc1Cl. The Kier molecular flexibility index (Phi) is 6.59. The van der Waals surface area contributed by atoms with E-state index in [1.54, 1.807) is 12.1 Å². The predicted octanol–water partition coefficient (Wildman–Crippen LogP) is 3.56. The Labute approximate surface area is 172 Å². The average molecular weight is 418 g/mol. The molecule has 0 aromatic heterocycles. The standard InChI is InChI=1S/C20H20ClN3O3S/c1-2-9-22-20(27)14-8-7-13(10-15(14)21)23-18(25)11-24-16-5-3-4-6-17(16)28-12-19(24)26/h3-8,10H,2,9,11-12H2,1H3,(H,22,27)(H,23,25). The van der Waals surface area contributed by atoms with Gasteiger partial charge in [-0.2, -0.15) is 0 Å². The van der Waals surface area contributed by atoms with Crippen LogP contribution < -0.4 is 15.5 Å². The van der Waals surface area contributed by atoms with E-state index in [2.05, 4.69) is 10.6 Å². The highest BCUT2D eigenvalue weighted by Gasteiger charge is 2.26. The smallest absolute Gasteiger partial charge is 0.252 e. The molecule has 0 aliphatic carbocycles. The van der Waals surface area contributed by atoms with Crippen molar-refractivity contribution in [1.82, 2.24) is 5.32 Å². The Balaban J connectivity index is 1.68. The molecule has 0 fully saturated rings. The molecule has 1 heterocycles. The number of halogens is 1. The van der Waals surface area contributed by atoms with Crippen molar-refractivity contribution in [2.24, 2.45) is 0 Å². The van der Waals surface area contributed by atoms with Crippen molar-refractivity contribution in [3.05, 3.63) is 53.1 Å². The van der Waals surface area contributed by atoms with Crippen LogP contribution in [-0.4, -0.2) is 36.6 Å². The fourth-order valence-corrected chi connectivity index (χ4v) is 3.98. The third kappa shape index (κ3) is 4.66. The number of hydrogen-bond donors (Lipinski definition) is 2. The molecule has 1 aliphatic heterocycles. The highest BCUT2D eigenvalue weighted by Crippen LogP contribution is 2.34. The molecule has 0 radical (unpaired) electrons. The zero-order valence-electron chi connectivity index (χ0n) is 15.3. The minimum atomic E-state index is -0.339. The summed E-state index contributed by atoms with van der Waals surface area (Å²) in [5.41, 5.74) is 1.55. The van der Waals surface area contributed by atoms with E-state index < -0.39 is 0 Å². The Morgan fingerprint density at radius 2 is 2.00 bits per heavy atom. The number of carbonyl (C=O) groups excluding carboxylic acids is 3. The van der Waals surface area contributed by atoms with Crippen LogP contribution in [0.25, 0.3) is 0 Å². The van der Waals surface area contributed by atoms with Gasteiger partial charge < -0.3 is 15.5 Å². The molecule has 0 saturated carbocycles. The van der Waals surface area contributed by atoms with E-state index in [0.29, 0.717) is 23.5 Å². The lowest BCUT2D eigenvalue weighted by atomic mass is 10.2. The molecule has 6 nitrogen and oxygen atoms in total. The van der Waals surface area contributed by atoms with E-state index in [9.17, 15) is 14.4 Å². The number of para-hydroxylation sites is 1. The van der Waals surface area contributed by atoms with Crippen LogP contribution >= 0.6 is 23.4 Å². The van der Waals surface area contributed by atoms with Crippen LogP contribution in [0.15, 0.2) is 47.4 Å². The molecule has 2 aromatic rings. The topological polar surface area (TPSA) is 78.5 Å². The van der Waals surface area contributed by atoms with Crippen LogP contribution in [0.5, 0.6) is 0 Å². The number of benzene rings is 2. The molecule has 3 rings (SSSR count). The van der Waals surface area contributed by atoms with Crippen LogP contribution in [-0.2, 0) is 9.59 Å². The summed E-state index contributed by atoms with van der Waals surface area (Å²) in [5, 5.41) is 5.75. The second-order valence-corrected chi connectivity index (χ2v) is 7.66. The molecule has 0 spiro atoms. The second kappa shape index (κ2) is 9.12. The summed E-state index contributed by atoms with van der Waals surface area (Å²) in [6.45, 7) is 2.44. The summed E-state index contributed by atoms with van der Waals surface area (Å²) >= 11 is 7.65. The fraction of sp³-hybridized carbons (Fsp3) is 0.250. The van der Waals surface area contributed by atoms with Crippen molar-refractivity contribution in [1.29, 1.82) is 0 Å². The quantitative estimate of drug-likeness (QED) is 0.753. The summed E-state index contributed by atoms with van der Waals surface area (Å²) in [6, 6.07) is 12.2. The van der Waals surface area contributed by atoms with Crippen molar-refractivity contribution in [3.8, 4) is 0 Å². The molecule has 3 amide bonds. The number of amides is 3. The minimum absolute atomic E-state index is 0.0905. The van der Waals surface area contributed by atoms with Crippen molar-refractivity contribution < 1.29 is 14.4 Å². The normalized spacial score (nSPS) is 13.1.